The minimum Gasteiger partial charge on any atom is -0.377 e. The van der Waals surface area contributed by atoms with Crippen molar-refractivity contribution in [3.05, 3.63) is 93.8 Å². The van der Waals surface area contributed by atoms with Gasteiger partial charge in [0.15, 0.2) is 0 Å². The van der Waals surface area contributed by atoms with Crippen LogP contribution in [0.4, 0.5) is 5.69 Å². The molecule has 0 unspecified atom stereocenters. The largest absolute Gasteiger partial charge is 0.377 e. The van der Waals surface area contributed by atoms with Crippen LogP contribution in [-0.2, 0) is 5.41 Å². The number of rotatable bonds is 6. The minimum absolute atomic E-state index is 0.265. The second kappa shape index (κ2) is 16.1. The summed E-state index contributed by atoms with van der Waals surface area (Å²) < 4.78 is 0. The van der Waals surface area contributed by atoms with Crippen molar-refractivity contribution in [1.82, 2.24) is 4.98 Å². The first-order valence-corrected chi connectivity index (χ1v) is 15.8. The van der Waals surface area contributed by atoms with Crippen LogP contribution < -0.4 is 4.90 Å². The number of aryl methyl sites for hydroxylation is 1. The Hall–Kier alpha value is -2.61. The molecule has 2 nitrogen and oxygen atoms in total. The van der Waals surface area contributed by atoms with Crippen LogP contribution in [0, 0.1) is 6.92 Å². The van der Waals surface area contributed by atoms with Crippen LogP contribution in [-0.4, -0.2) is 19.1 Å². The third-order valence-electron chi connectivity index (χ3n) is 7.55. The van der Waals surface area contributed by atoms with Crippen molar-refractivity contribution >= 4 is 5.69 Å². The summed E-state index contributed by atoms with van der Waals surface area (Å²) >= 11 is 0. The summed E-state index contributed by atoms with van der Waals surface area (Å²) in [6, 6.07) is 17.5. The highest BCUT2D eigenvalue weighted by atomic mass is 15.1. The van der Waals surface area contributed by atoms with Gasteiger partial charge in [-0.25, -0.2) is 0 Å². The van der Waals surface area contributed by atoms with E-state index in [0.29, 0.717) is 29.6 Å². The zero-order valence-corrected chi connectivity index (χ0v) is 29.5. The number of aromatic nitrogens is 1. The fraction of sp³-hybridized carbons (Fsp3) is 0.564. The third kappa shape index (κ3) is 10.6. The highest BCUT2D eigenvalue weighted by Gasteiger charge is 2.18. The average Bonchev–Trinajstić information content (AvgIpc) is 2.87. The fourth-order valence-electron chi connectivity index (χ4n) is 5.60. The molecule has 0 N–H and O–H groups in total. The molecular weight excluding hydrogens is 496 g/mol. The number of nitrogens with zero attached hydrogens (tertiary/aromatic N) is 2. The number of benzene rings is 2. The van der Waals surface area contributed by atoms with Crippen molar-refractivity contribution in [2.45, 2.75) is 132 Å². The van der Waals surface area contributed by atoms with Gasteiger partial charge in [0, 0.05) is 31.7 Å². The van der Waals surface area contributed by atoms with Crippen molar-refractivity contribution in [3.8, 4) is 0 Å². The SMILES string of the molecule is CC(C)c1ccccc1C(C)(C)C.CC(C)c1nccc(N(C)C)c1C(C)C.Cc1cccc(C(C)C)c1C(C)C. The maximum absolute atomic E-state index is 4.52. The molecule has 1 heterocycles. The number of hydrogen-bond acceptors (Lipinski definition) is 2. The van der Waals surface area contributed by atoms with Crippen LogP contribution in [0.3, 0.4) is 0 Å². The Labute approximate surface area is 255 Å². The van der Waals surface area contributed by atoms with E-state index in [9.17, 15) is 0 Å². The van der Waals surface area contributed by atoms with E-state index in [4.69, 9.17) is 0 Å². The first-order valence-electron chi connectivity index (χ1n) is 15.8. The lowest BCUT2D eigenvalue weighted by Gasteiger charge is -2.24. The summed E-state index contributed by atoms with van der Waals surface area (Å²) in [7, 11) is 4.18. The minimum atomic E-state index is 0.265. The van der Waals surface area contributed by atoms with Gasteiger partial charge in [-0.3, -0.25) is 4.98 Å². The predicted octanol–water partition coefficient (Wildman–Crippen LogP) is 11.7. The van der Waals surface area contributed by atoms with E-state index in [0.717, 1.165) is 0 Å². The summed E-state index contributed by atoms with van der Waals surface area (Å²) in [6.45, 7) is 31.5. The van der Waals surface area contributed by atoms with E-state index in [-0.39, 0.29) is 5.41 Å². The normalized spacial score (nSPS) is 11.5. The number of pyridine rings is 1. The molecule has 0 atom stereocenters. The molecule has 0 amide bonds. The van der Waals surface area contributed by atoms with E-state index in [1.165, 1.54) is 44.8 Å². The van der Waals surface area contributed by atoms with Gasteiger partial charge in [-0.05, 0) is 81.4 Å². The quantitative estimate of drug-likeness (QED) is 0.299. The lowest BCUT2D eigenvalue weighted by molar-refractivity contribution is 0.577. The maximum Gasteiger partial charge on any atom is 0.0484 e. The van der Waals surface area contributed by atoms with Gasteiger partial charge in [-0.15, -0.1) is 0 Å². The summed E-state index contributed by atoms with van der Waals surface area (Å²) in [4.78, 5) is 6.69. The van der Waals surface area contributed by atoms with Gasteiger partial charge in [0.05, 0.1) is 0 Å². The molecule has 0 aliphatic rings. The van der Waals surface area contributed by atoms with E-state index in [2.05, 4.69) is 169 Å². The zero-order valence-electron chi connectivity index (χ0n) is 29.5. The van der Waals surface area contributed by atoms with E-state index in [1.807, 2.05) is 6.20 Å². The molecule has 41 heavy (non-hydrogen) atoms. The van der Waals surface area contributed by atoms with Crippen LogP contribution in [0.15, 0.2) is 54.7 Å². The van der Waals surface area contributed by atoms with Crippen LogP contribution in [0.2, 0.25) is 0 Å². The second-order valence-corrected chi connectivity index (χ2v) is 14.2. The van der Waals surface area contributed by atoms with Gasteiger partial charge in [-0.1, -0.05) is 132 Å². The highest BCUT2D eigenvalue weighted by molar-refractivity contribution is 5.55. The van der Waals surface area contributed by atoms with Crippen LogP contribution in [0.25, 0.3) is 0 Å². The van der Waals surface area contributed by atoms with Crippen molar-refractivity contribution in [3.63, 3.8) is 0 Å². The molecule has 2 aromatic carbocycles. The number of anilines is 1. The Balaban J connectivity index is 0.000000309. The Kier molecular flexibility index (Phi) is 14.3. The monoisotopic (exact) mass is 558 g/mol. The molecule has 0 aliphatic heterocycles. The molecule has 228 valence electrons. The highest BCUT2D eigenvalue weighted by Crippen LogP contribution is 2.32. The van der Waals surface area contributed by atoms with E-state index in [1.54, 1.807) is 0 Å². The first kappa shape index (κ1) is 36.4. The van der Waals surface area contributed by atoms with Crippen molar-refractivity contribution < 1.29 is 0 Å². The molecule has 1 aromatic heterocycles. The van der Waals surface area contributed by atoms with Gasteiger partial charge < -0.3 is 4.90 Å². The summed E-state index contributed by atoms with van der Waals surface area (Å²) in [6.07, 6.45) is 1.91. The Bertz CT molecular complexity index is 1160. The molecule has 0 saturated carbocycles. The smallest absolute Gasteiger partial charge is 0.0484 e. The van der Waals surface area contributed by atoms with Gasteiger partial charge in [0.25, 0.3) is 0 Å². The molecule has 0 fully saturated rings. The van der Waals surface area contributed by atoms with Gasteiger partial charge in [0.2, 0.25) is 0 Å². The van der Waals surface area contributed by atoms with Crippen LogP contribution in [0.5, 0.6) is 0 Å². The van der Waals surface area contributed by atoms with E-state index < -0.39 is 0 Å². The molecule has 0 bridgehead atoms. The van der Waals surface area contributed by atoms with Crippen molar-refractivity contribution in [2.75, 3.05) is 19.0 Å². The lowest BCUT2D eigenvalue weighted by Crippen LogP contribution is -2.14. The number of hydrogen-bond donors (Lipinski definition) is 0. The summed E-state index contributed by atoms with van der Waals surface area (Å²) in [5.41, 5.74) is 11.6. The average molecular weight is 559 g/mol. The van der Waals surface area contributed by atoms with Crippen molar-refractivity contribution in [2.24, 2.45) is 0 Å². The Morgan fingerprint density at radius 1 is 0.585 bits per heavy atom. The maximum atomic E-state index is 4.52. The summed E-state index contributed by atoms with van der Waals surface area (Å²) in [5.74, 6) is 2.90. The molecule has 0 radical (unpaired) electrons. The van der Waals surface area contributed by atoms with Gasteiger partial charge in [0.1, 0.15) is 0 Å². The van der Waals surface area contributed by atoms with Crippen LogP contribution >= 0.6 is 0 Å². The standard InChI is InChI=1S/C13H22N2.2C13H20/c1-9(2)12-11(15(5)6)7-8-14-13(12)10(3)4;1-10(2)11-8-6-7-9-12(11)13(3,4)5;1-9(2)12-8-6-7-11(5)13(12)10(3)4/h7-10H,1-6H3;2*6-10H,1-5H3. The summed E-state index contributed by atoms with van der Waals surface area (Å²) in [5, 5.41) is 0. The van der Waals surface area contributed by atoms with Gasteiger partial charge >= 0.3 is 0 Å². The molecule has 0 aliphatic carbocycles. The zero-order chi connectivity index (χ0) is 31.7. The molecule has 0 saturated heterocycles. The first-order chi connectivity index (χ1) is 18.9. The Morgan fingerprint density at radius 3 is 1.49 bits per heavy atom. The predicted molar refractivity (Wildman–Crippen MR) is 185 cm³/mol. The molecule has 0 spiro atoms. The van der Waals surface area contributed by atoms with Crippen LogP contribution in [0.1, 0.15) is 159 Å². The molecule has 2 heteroatoms. The molecule has 3 aromatic rings. The van der Waals surface area contributed by atoms with E-state index >= 15 is 0 Å². The molecular formula is C39H62N2. The van der Waals surface area contributed by atoms with Gasteiger partial charge in [-0.2, -0.15) is 0 Å². The van der Waals surface area contributed by atoms with Crippen molar-refractivity contribution in [1.29, 1.82) is 0 Å². The topological polar surface area (TPSA) is 16.1 Å². The Morgan fingerprint density at radius 2 is 1.10 bits per heavy atom. The third-order valence-corrected chi connectivity index (χ3v) is 7.55. The second-order valence-electron chi connectivity index (χ2n) is 14.2. The molecule has 3 rings (SSSR count). The fourth-order valence-corrected chi connectivity index (χ4v) is 5.60. The lowest BCUT2D eigenvalue weighted by atomic mass is 9.81.